The van der Waals surface area contributed by atoms with Crippen molar-refractivity contribution in [3.63, 3.8) is 0 Å². The maximum absolute atomic E-state index is 13.7. The van der Waals surface area contributed by atoms with Crippen LogP contribution < -0.4 is 10.1 Å². The third kappa shape index (κ3) is 5.77. The minimum Gasteiger partial charge on any atom is -0.474 e. The van der Waals surface area contributed by atoms with Gasteiger partial charge in [0.1, 0.15) is 12.7 Å². The molecule has 2 aromatic rings. The van der Waals surface area contributed by atoms with Crippen molar-refractivity contribution in [2.45, 2.75) is 31.5 Å². The summed E-state index contributed by atoms with van der Waals surface area (Å²) >= 11 is 0.775. The molecule has 1 N–H and O–H groups in total. The Morgan fingerprint density at radius 2 is 1.81 bits per heavy atom. The number of nitrogens with zero attached hydrogens (tertiary/aromatic N) is 2. The normalized spacial score (nSPS) is 22.1. The van der Waals surface area contributed by atoms with E-state index in [9.17, 15) is 35.9 Å². The molecule has 36 heavy (non-hydrogen) atoms. The van der Waals surface area contributed by atoms with Gasteiger partial charge in [0.25, 0.3) is 5.91 Å². The summed E-state index contributed by atoms with van der Waals surface area (Å²) in [7, 11) is 1.36. The fourth-order valence-corrected chi connectivity index (χ4v) is 5.61. The highest BCUT2D eigenvalue weighted by Gasteiger charge is 2.44. The van der Waals surface area contributed by atoms with E-state index in [-0.39, 0.29) is 46.6 Å². The average Bonchev–Trinajstić information content (AvgIpc) is 3.47. The number of carbonyl (C=O) groups excluding carboxylic acids is 2. The summed E-state index contributed by atoms with van der Waals surface area (Å²) in [5, 5.41) is 3.70. The van der Waals surface area contributed by atoms with Gasteiger partial charge in [-0.15, -0.1) is 24.5 Å². The monoisotopic (exact) mass is 541 g/mol. The number of hydrogen-bond acceptors (Lipinski definition) is 7. The molecule has 1 aliphatic carbocycles. The van der Waals surface area contributed by atoms with Gasteiger partial charge in [-0.05, 0) is 24.7 Å². The van der Waals surface area contributed by atoms with E-state index in [0.717, 1.165) is 17.4 Å². The molecule has 0 unspecified atom stereocenters. The van der Waals surface area contributed by atoms with Crippen LogP contribution in [0.4, 0.5) is 31.1 Å². The van der Waals surface area contributed by atoms with Crippen molar-refractivity contribution >= 4 is 33.6 Å². The van der Waals surface area contributed by atoms with E-state index in [1.54, 1.807) is 0 Å². The average molecular weight is 541 g/mol. The van der Waals surface area contributed by atoms with Crippen molar-refractivity contribution in [2.75, 3.05) is 33.4 Å². The Hall–Kier alpha value is -2.81. The minimum absolute atomic E-state index is 0.0117. The van der Waals surface area contributed by atoms with Crippen molar-refractivity contribution in [3.8, 4) is 5.88 Å². The molecule has 0 radical (unpaired) electrons. The fraction of sp³-hybridized carbons (Fsp3) is 0.571. The van der Waals surface area contributed by atoms with Gasteiger partial charge in [-0.3, -0.25) is 9.53 Å². The van der Waals surface area contributed by atoms with Gasteiger partial charge in [-0.25, -0.2) is 9.78 Å². The van der Waals surface area contributed by atoms with Crippen LogP contribution in [0.15, 0.2) is 11.4 Å². The summed E-state index contributed by atoms with van der Waals surface area (Å²) in [6.45, 7) is -0.786. The lowest BCUT2D eigenvalue weighted by Crippen LogP contribution is -2.32. The maximum atomic E-state index is 13.7. The summed E-state index contributed by atoms with van der Waals surface area (Å²) in [6.07, 6.45) is -9.81. The van der Waals surface area contributed by atoms with E-state index < -0.39 is 49.4 Å². The molecule has 0 aromatic carbocycles. The number of amides is 2. The van der Waals surface area contributed by atoms with Crippen molar-refractivity contribution in [1.29, 1.82) is 0 Å². The standard InChI is InChI=1S/C21H21F6N3O5S/c1-28-18(31)13-9-36-17-14(20(22,23)24)6-15(29-16(13)17)35-12-4-10-7-30(8-11(10)5-12)19(32)33-2-3-34-21(25,26)27/h6,9-12H,2-5,7-8H2,1H3,(H,28,31)/t10-,11+,12-. The number of halogens is 6. The van der Waals surface area contributed by atoms with Crippen molar-refractivity contribution in [1.82, 2.24) is 15.2 Å². The zero-order valence-electron chi connectivity index (χ0n) is 18.7. The molecule has 0 spiro atoms. The third-order valence-electron chi connectivity index (χ3n) is 6.10. The number of fused-ring (bicyclic) bond motifs is 2. The first-order chi connectivity index (χ1) is 16.9. The number of thiophene rings is 1. The smallest absolute Gasteiger partial charge is 0.474 e. The lowest BCUT2D eigenvalue weighted by Gasteiger charge is -2.20. The quantitative estimate of drug-likeness (QED) is 0.430. The number of ether oxygens (including phenoxy) is 3. The summed E-state index contributed by atoms with van der Waals surface area (Å²) in [6, 6.07) is 0.827. The molecule has 4 rings (SSSR count). The Bertz CT molecular complexity index is 1120. The number of nitrogens with one attached hydrogen (secondary N) is 1. The van der Waals surface area contributed by atoms with Crippen LogP contribution in [0.3, 0.4) is 0 Å². The van der Waals surface area contributed by atoms with E-state index in [1.807, 2.05) is 0 Å². The van der Waals surface area contributed by atoms with Gasteiger partial charge in [0, 0.05) is 31.6 Å². The highest BCUT2D eigenvalue weighted by Crippen LogP contribution is 2.43. The predicted octanol–water partition coefficient (Wildman–Crippen LogP) is 4.44. The summed E-state index contributed by atoms with van der Waals surface area (Å²) in [5.74, 6) is -0.833. The second kappa shape index (κ2) is 9.92. The van der Waals surface area contributed by atoms with Gasteiger partial charge in [0.05, 0.1) is 28.0 Å². The van der Waals surface area contributed by atoms with Gasteiger partial charge < -0.3 is 19.7 Å². The van der Waals surface area contributed by atoms with Gasteiger partial charge >= 0.3 is 18.6 Å². The Morgan fingerprint density at radius 1 is 1.14 bits per heavy atom. The van der Waals surface area contributed by atoms with E-state index in [4.69, 9.17) is 9.47 Å². The minimum atomic E-state index is -4.81. The number of carbonyl (C=O) groups is 2. The molecule has 3 atom stereocenters. The van der Waals surface area contributed by atoms with Crippen LogP contribution in [-0.4, -0.2) is 67.7 Å². The molecule has 2 amide bonds. The Labute approximate surface area is 204 Å². The molecule has 2 fully saturated rings. The lowest BCUT2D eigenvalue weighted by atomic mass is 10.0. The molecular formula is C21H21F6N3O5S. The fourth-order valence-electron chi connectivity index (χ4n) is 4.59. The Balaban J connectivity index is 1.39. The van der Waals surface area contributed by atoms with Gasteiger partial charge in [-0.2, -0.15) is 13.2 Å². The number of pyridine rings is 1. The van der Waals surface area contributed by atoms with Crippen molar-refractivity contribution < 1.29 is 50.1 Å². The van der Waals surface area contributed by atoms with E-state index >= 15 is 0 Å². The van der Waals surface area contributed by atoms with Gasteiger partial charge in [0.2, 0.25) is 5.88 Å². The number of hydrogen-bond donors (Lipinski definition) is 1. The Morgan fingerprint density at radius 3 is 2.39 bits per heavy atom. The summed E-state index contributed by atoms with van der Waals surface area (Å²) < 4.78 is 91.0. The van der Waals surface area contributed by atoms with Gasteiger partial charge in [0.15, 0.2) is 0 Å². The van der Waals surface area contributed by atoms with Crippen LogP contribution in [0.2, 0.25) is 0 Å². The first-order valence-electron chi connectivity index (χ1n) is 10.9. The van der Waals surface area contributed by atoms with E-state index in [2.05, 4.69) is 15.0 Å². The summed E-state index contributed by atoms with van der Waals surface area (Å²) in [5.41, 5.74) is -1.01. The zero-order chi connectivity index (χ0) is 26.3. The first-order valence-corrected chi connectivity index (χ1v) is 11.7. The molecule has 3 heterocycles. The maximum Gasteiger partial charge on any atom is 0.522 e. The number of likely N-dealkylation sites (tertiary alicyclic amines) is 1. The number of alkyl halides is 6. The molecule has 1 aliphatic heterocycles. The third-order valence-corrected chi connectivity index (χ3v) is 7.11. The molecule has 2 aliphatic rings. The van der Waals surface area contributed by atoms with Crippen molar-refractivity contribution in [3.05, 3.63) is 22.6 Å². The highest BCUT2D eigenvalue weighted by molar-refractivity contribution is 7.17. The van der Waals surface area contributed by atoms with E-state index in [0.29, 0.717) is 12.8 Å². The van der Waals surface area contributed by atoms with Crippen molar-refractivity contribution in [2.24, 2.45) is 11.8 Å². The van der Waals surface area contributed by atoms with Crippen LogP contribution in [0, 0.1) is 11.8 Å². The van der Waals surface area contributed by atoms with Crippen LogP contribution in [-0.2, 0) is 15.7 Å². The van der Waals surface area contributed by atoms with Crippen LogP contribution >= 0.6 is 11.3 Å². The number of aromatic nitrogens is 1. The highest BCUT2D eigenvalue weighted by atomic mass is 32.1. The van der Waals surface area contributed by atoms with Gasteiger partial charge in [-0.1, -0.05) is 0 Å². The topological polar surface area (TPSA) is 90.0 Å². The molecule has 198 valence electrons. The lowest BCUT2D eigenvalue weighted by molar-refractivity contribution is -0.326. The molecule has 8 nitrogen and oxygen atoms in total. The summed E-state index contributed by atoms with van der Waals surface area (Å²) in [4.78, 5) is 29.8. The molecule has 15 heteroatoms. The molecular weight excluding hydrogens is 520 g/mol. The largest absolute Gasteiger partial charge is 0.522 e. The van der Waals surface area contributed by atoms with Crippen LogP contribution in [0.1, 0.15) is 28.8 Å². The first kappa shape index (κ1) is 26.3. The van der Waals surface area contributed by atoms with Crippen LogP contribution in [0.25, 0.3) is 10.2 Å². The molecule has 1 saturated heterocycles. The molecule has 1 saturated carbocycles. The number of rotatable bonds is 6. The molecule has 2 aromatic heterocycles. The predicted molar refractivity (Wildman–Crippen MR) is 114 cm³/mol. The van der Waals surface area contributed by atoms with Crippen LogP contribution in [0.5, 0.6) is 5.88 Å². The SMILES string of the molecule is CNC(=O)c1csc2c(C(F)(F)F)cc(O[C@@H]3C[C@@H]4CN(C(=O)OCCOC(F)(F)F)C[C@@H]4C3)nc12. The Kier molecular flexibility index (Phi) is 7.23. The zero-order valence-corrected chi connectivity index (χ0v) is 19.6. The second-order valence-electron chi connectivity index (χ2n) is 8.46. The second-order valence-corrected chi connectivity index (χ2v) is 9.34. The van der Waals surface area contributed by atoms with E-state index in [1.165, 1.54) is 17.3 Å². The molecule has 0 bridgehead atoms.